The molecule has 2 heterocycles. The number of nitrogens with two attached hydrogens (primary N) is 1. The third-order valence-corrected chi connectivity index (χ3v) is 7.33. The van der Waals surface area contributed by atoms with Crippen LogP contribution in [0.3, 0.4) is 0 Å². The number of rotatable bonds is 7. The zero-order chi connectivity index (χ0) is 21.0. The summed E-state index contributed by atoms with van der Waals surface area (Å²) in [5.74, 6) is -1.67. The predicted octanol–water partition coefficient (Wildman–Crippen LogP) is 1.000. The van der Waals surface area contributed by atoms with Crippen LogP contribution < -0.4 is 16.4 Å². The zero-order valence-corrected chi connectivity index (χ0v) is 17.0. The van der Waals surface area contributed by atoms with Crippen molar-refractivity contribution < 1.29 is 22.8 Å². The van der Waals surface area contributed by atoms with E-state index in [0.717, 1.165) is 24.2 Å². The molecule has 11 heteroatoms. The van der Waals surface area contributed by atoms with Crippen molar-refractivity contribution in [3.05, 3.63) is 46.2 Å². The quantitative estimate of drug-likeness (QED) is 0.594. The van der Waals surface area contributed by atoms with Crippen LogP contribution in [-0.4, -0.2) is 50.1 Å². The van der Waals surface area contributed by atoms with Gasteiger partial charge in [0.25, 0.3) is 11.8 Å². The number of thiophene rings is 1. The van der Waals surface area contributed by atoms with Gasteiger partial charge in [-0.3, -0.25) is 14.4 Å². The number of primary amides is 1. The van der Waals surface area contributed by atoms with Gasteiger partial charge in [-0.05, 0) is 48.6 Å². The number of hydrogen-bond donors (Lipinski definition) is 3. The molecule has 154 valence electrons. The molecule has 1 fully saturated rings. The van der Waals surface area contributed by atoms with Crippen LogP contribution in [0.2, 0.25) is 0 Å². The normalized spacial score (nSPS) is 14.5. The molecule has 2 aromatic rings. The van der Waals surface area contributed by atoms with Crippen LogP contribution >= 0.6 is 11.3 Å². The van der Waals surface area contributed by atoms with Gasteiger partial charge in [0.15, 0.2) is 0 Å². The van der Waals surface area contributed by atoms with E-state index in [9.17, 15) is 22.8 Å². The first-order valence-electron chi connectivity index (χ1n) is 8.84. The monoisotopic (exact) mass is 436 g/mol. The van der Waals surface area contributed by atoms with Crippen molar-refractivity contribution in [2.75, 3.05) is 25.0 Å². The molecule has 0 unspecified atom stereocenters. The highest BCUT2D eigenvalue weighted by Crippen LogP contribution is 2.28. The van der Waals surface area contributed by atoms with E-state index in [4.69, 9.17) is 5.73 Å². The molecule has 0 aliphatic carbocycles. The Bertz CT molecular complexity index is 1020. The molecule has 1 aliphatic rings. The Morgan fingerprint density at radius 3 is 2.31 bits per heavy atom. The number of nitrogens with zero attached hydrogens (tertiary/aromatic N) is 1. The Morgan fingerprint density at radius 1 is 1.03 bits per heavy atom. The average molecular weight is 437 g/mol. The number of sulfonamides is 1. The van der Waals surface area contributed by atoms with Crippen molar-refractivity contribution in [2.45, 2.75) is 17.7 Å². The number of hydrogen-bond acceptors (Lipinski definition) is 6. The molecule has 29 heavy (non-hydrogen) atoms. The van der Waals surface area contributed by atoms with E-state index in [2.05, 4.69) is 10.6 Å². The van der Waals surface area contributed by atoms with Gasteiger partial charge in [-0.2, -0.15) is 4.31 Å². The molecule has 1 aromatic carbocycles. The molecule has 1 aliphatic heterocycles. The highest BCUT2D eigenvalue weighted by atomic mass is 32.2. The molecule has 0 spiro atoms. The van der Waals surface area contributed by atoms with E-state index in [-0.39, 0.29) is 21.9 Å². The molecule has 0 bridgehead atoms. The van der Waals surface area contributed by atoms with E-state index >= 15 is 0 Å². The van der Waals surface area contributed by atoms with E-state index in [1.165, 1.54) is 34.6 Å². The predicted molar refractivity (Wildman–Crippen MR) is 108 cm³/mol. The number of anilines is 1. The molecular formula is C18H20N4O5S2. The van der Waals surface area contributed by atoms with E-state index in [0.29, 0.717) is 18.8 Å². The van der Waals surface area contributed by atoms with Gasteiger partial charge >= 0.3 is 0 Å². The fraction of sp³-hybridized carbons (Fsp3) is 0.278. The van der Waals surface area contributed by atoms with Gasteiger partial charge in [-0.15, -0.1) is 11.3 Å². The van der Waals surface area contributed by atoms with Crippen LogP contribution in [0.4, 0.5) is 5.69 Å². The highest BCUT2D eigenvalue weighted by molar-refractivity contribution is 7.89. The standard InChI is InChI=1S/C18H20N4O5S2/c19-15(23)11-20-17(24)12-3-5-13(6-4-12)21-18(25)16-14(7-10-28-16)29(26,27)22-8-1-2-9-22/h3-7,10H,1-2,8-9,11H2,(H2,19,23)(H,20,24)(H,21,25). The van der Waals surface area contributed by atoms with Crippen LogP contribution in [0.15, 0.2) is 40.6 Å². The third-order valence-electron chi connectivity index (χ3n) is 4.35. The summed E-state index contributed by atoms with van der Waals surface area (Å²) in [7, 11) is -3.70. The Morgan fingerprint density at radius 2 is 1.69 bits per heavy atom. The van der Waals surface area contributed by atoms with Crippen molar-refractivity contribution in [3.63, 3.8) is 0 Å². The molecule has 0 saturated carbocycles. The number of benzene rings is 1. The number of nitrogens with one attached hydrogen (secondary N) is 2. The van der Waals surface area contributed by atoms with Crippen LogP contribution in [0, 0.1) is 0 Å². The lowest BCUT2D eigenvalue weighted by Gasteiger charge is -2.15. The summed E-state index contributed by atoms with van der Waals surface area (Å²) in [5.41, 5.74) is 5.67. The van der Waals surface area contributed by atoms with Gasteiger partial charge in [0, 0.05) is 24.3 Å². The lowest BCUT2D eigenvalue weighted by atomic mass is 10.2. The van der Waals surface area contributed by atoms with Gasteiger partial charge in [0.05, 0.1) is 6.54 Å². The maximum atomic E-state index is 12.8. The fourth-order valence-corrected chi connectivity index (χ4v) is 5.71. The van der Waals surface area contributed by atoms with Crippen LogP contribution in [0.5, 0.6) is 0 Å². The second-order valence-electron chi connectivity index (χ2n) is 6.41. The smallest absolute Gasteiger partial charge is 0.267 e. The van der Waals surface area contributed by atoms with Gasteiger partial charge < -0.3 is 16.4 Å². The molecule has 0 radical (unpaired) electrons. The van der Waals surface area contributed by atoms with Crippen LogP contribution in [0.25, 0.3) is 0 Å². The lowest BCUT2D eigenvalue weighted by Crippen LogP contribution is -2.33. The molecule has 3 rings (SSSR count). The minimum absolute atomic E-state index is 0.00403. The largest absolute Gasteiger partial charge is 0.368 e. The highest BCUT2D eigenvalue weighted by Gasteiger charge is 2.31. The molecule has 1 aromatic heterocycles. The fourth-order valence-electron chi connectivity index (χ4n) is 2.90. The van der Waals surface area contributed by atoms with Crippen molar-refractivity contribution in [1.29, 1.82) is 0 Å². The first-order valence-corrected chi connectivity index (χ1v) is 11.2. The minimum atomic E-state index is -3.70. The minimum Gasteiger partial charge on any atom is -0.368 e. The van der Waals surface area contributed by atoms with Gasteiger partial charge in [0.1, 0.15) is 9.77 Å². The van der Waals surface area contributed by atoms with Gasteiger partial charge in [-0.25, -0.2) is 8.42 Å². The number of carbonyl (C=O) groups excluding carboxylic acids is 3. The third kappa shape index (κ3) is 4.81. The van der Waals surface area contributed by atoms with Gasteiger partial charge in [-0.1, -0.05) is 0 Å². The SMILES string of the molecule is NC(=O)CNC(=O)c1ccc(NC(=O)c2sccc2S(=O)(=O)N2CCCC2)cc1. The van der Waals surface area contributed by atoms with E-state index in [1.54, 1.807) is 5.38 Å². The molecule has 0 atom stereocenters. The summed E-state index contributed by atoms with van der Waals surface area (Å²) in [6.07, 6.45) is 1.62. The van der Waals surface area contributed by atoms with Crippen LogP contribution in [0.1, 0.15) is 32.9 Å². The first-order chi connectivity index (χ1) is 13.8. The summed E-state index contributed by atoms with van der Waals surface area (Å²) in [4.78, 5) is 35.3. The van der Waals surface area contributed by atoms with E-state index in [1.807, 2.05) is 0 Å². The Kier molecular flexibility index (Phi) is 6.30. The molecule has 3 amide bonds. The summed E-state index contributed by atoms with van der Waals surface area (Å²) in [5, 5.41) is 6.58. The Hall–Kier alpha value is -2.76. The zero-order valence-electron chi connectivity index (χ0n) is 15.4. The lowest BCUT2D eigenvalue weighted by molar-refractivity contribution is -0.117. The molecule has 4 N–H and O–H groups in total. The summed E-state index contributed by atoms with van der Waals surface area (Å²) >= 11 is 1.05. The maximum Gasteiger partial charge on any atom is 0.267 e. The first kappa shape index (κ1) is 21.0. The molecular weight excluding hydrogens is 416 g/mol. The summed E-state index contributed by atoms with van der Waals surface area (Å²) < 4.78 is 26.9. The van der Waals surface area contributed by atoms with Crippen molar-refractivity contribution in [3.8, 4) is 0 Å². The summed E-state index contributed by atoms with van der Waals surface area (Å²) in [6, 6.07) is 7.42. The summed E-state index contributed by atoms with van der Waals surface area (Å²) in [6.45, 7) is 0.640. The Balaban J connectivity index is 1.71. The van der Waals surface area contributed by atoms with Crippen molar-refractivity contribution in [1.82, 2.24) is 9.62 Å². The molecule has 9 nitrogen and oxygen atoms in total. The maximum absolute atomic E-state index is 12.8. The molecule has 1 saturated heterocycles. The van der Waals surface area contributed by atoms with Crippen molar-refractivity contribution >= 4 is 44.8 Å². The van der Waals surface area contributed by atoms with Crippen LogP contribution in [-0.2, 0) is 14.8 Å². The number of amides is 3. The topological polar surface area (TPSA) is 139 Å². The Labute approximate surface area is 171 Å². The van der Waals surface area contributed by atoms with Crippen molar-refractivity contribution in [2.24, 2.45) is 5.73 Å². The van der Waals surface area contributed by atoms with E-state index < -0.39 is 27.7 Å². The number of carbonyl (C=O) groups is 3. The average Bonchev–Trinajstić information content (AvgIpc) is 3.38. The second kappa shape index (κ2) is 8.72. The second-order valence-corrected chi connectivity index (χ2v) is 9.23. The van der Waals surface area contributed by atoms with Gasteiger partial charge in [0.2, 0.25) is 15.9 Å².